The summed E-state index contributed by atoms with van der Waals surface area (Å²) in [5, 5.41) is 19.9. The van der Waals surface area contributed by atoms with E-state index >= 15 is 0 Å². The van der Waals surface area contributed by atoms with Crippen molar-refractivity contribution in [3.8, 4) is 11.8 Å². The Balaban J connectivity index is 2.33. The van der Waals surface area contributed by atoms with Gasteiger partial charge in [-0.25, -0.2) is 0 Å². The highest BCUT2D eigenvalue weighted by Gasteiger charge is 2.11. The van der Waals surface area contributed by atoms with Crippen molar-refractivity contribution in [1.82, 2.24) is 0 Å². The van der Waals surface area contributed by atoms with Crippen molar-refractivity contribution in [2.45, 2.75) is 0 Å². The molecule has 0 amide bonds. The number of halogens is 2. The third-order valence-electron chi connectivity index (χ3n) is 2.67. The number of nitro benzene ring substituents is 1. The van der Waals surface area contributed by atoms with Gasteiger partial charge in [0, 0.05) is 22.2 Å². The Bertz CT molecular complexity index is 782. The SMILES string of the molecule is N#C/C=C(/Oc1ccc(Br)cc1Cl)c1ccc([N+](=O)[O-])cc1. The zero-order chi connectivity index (χ0) is 16.1. The Morgan fingerprint density at radius 3 is 2.55 bits per heavy atom. The van der Waals surface area contributed by atoms with E-state index in [1.807, 2.05) is 6.07 Å². The lowest BCUT2D eigenvalue weighted by atomic mass is 10.1. The van der Waals surface area contributed by atoms with Crippen LogP contribution in [0.25, 0.3) is 5.76 Å². The molecule has 5 nitrogen and oxygen atoms in total. The number of nitro groups is 1. The molecule has 0 saturated carbocycles. The summed E-state index contributed by atoms with van der Waals surface area (Å²) in [6.45, 7) is 0. The van der Waals surface area contributed by atoms with Gasteiger partial charge in [-0.05, 0) is 30.3 Å². The van der Waals surface area contributed by atoms with E-state index in [9.17, 15) is 10.1 Å². The molecule has 0 aromatic heterocycles. The first-order valence-electron chi connectivity index (χ1n) is 5.99. The normalized spacial score (nSPS) is 10.9. The van der Waals surface area contributed by atoms with Gasteiger partial charge in [-0.1, -0.05) is 27.5 Å². The monoisotopic (exact) mass is 378 g/mol. The second-order valence-corrected chi connectivity index (χ2v) is 5.44. The van der Waals surface area contributed by atoms with Crippen molar-refractivity contribution in [3.05, 3.63) is 73.7 Å². The highest BCUT2D eigenvalue weighted by Crippen LogP contribution is 2.31. The van der Waals surface area contributed by atoms with Crippen LogP contribution in [0.1, 0.15) is 5.56 Å². The number of nitrogens with zero attached hydrogens (tertiary/aromatic N) is 2. The van der Waals surface area contributed by atoms with Gasteiger partial charge in [0.2, 0.25) is 0 Å². The predicted octanol–water partition coefficient (Wildman–Crippen LogP) is 4.95. The van der Waals surface area contributed by atoms with E-state index < -0.39 is 4.92 Å². The minimum Gasteiger partial charge on any atom is -0.454 e. The van der Waals surface area contributed by atoms with Gasteiger partial charge in [0.25, 0.3) is 5.69 Å². The molecule has 0 aliphatic rings. The van der Waals surface area contributed by atoms with Crippen LogP contribution in [-0.2, 0) is 0 Å². The van der Waals surface area contributed by atoms with Gasteiger partial charge in [-0.2, -0.15) is 5.26 Å². The van der Waals surface area contributed by atoms with Gasteiger partial charge >= 0.3 is 0 Å². The van der Waals surface area contributed by atoms with E-state index in [0.29, 0.717) is 16.3 Å². The summed E-state index contributed by atoms with van der Waals surface area (Å²) >= 11 is 9.36. The van der Waals surface area contributed by atoms with Crippen LogP contribution in [0.3, 0.4) is 0 Å². The third kappa shape index (κ3) is 3.85. The van der Waals surface area contributed by atoms with Gasteiger partial charge in [-0.3, -0.25) is 10.1 Å². The van der Waals surface area contributed by atoms with Gasteiger partial charge in [0.1, 0.15) is 11.5 Å². The van der Waals surface area contributed by atoms with Crippen molar-refractivity contribution in [2.75, 3.05) is 0 Å². The van der Waals surface area contributed by atoms with Crippen LogP contribution < -0.4 is 4.74 Å². The lowest BCUT2D eigenvalue weighted by Crippen LogP contribution is -1.96. The molecule has 0 fully saturated rings. The Hall–Kier alpha value is -2.36. The summed E-state index contributed by atoms with van der Waals surface area (Å²) < 4.78 is 6.44. The Labute approximate surface area is 139 Å². The maximum absolute atomic E-state index is 10.7. The molecular formula is C15H8BrClN2O3. The van der Waals surface area contributed by atoms with Crippen LogP contribution in [0.15, 0.2) is 53.0 Å². The molecule has 2 rings (SSSR count). The van der Waals surface area contributed by atoms with Gasteiger partial charge in [-0.15, -0.1) is 0 Å². The molecule has 0 N–H and O–H groups in total. The Morgan fingerprint density at radius 1 is 1.32 bits per heavy atom. The topological polar surface area (TPSA) is 76.2 Å². The maximum atomic E-state index is 10.7. The highest BCUT2D eigenvalue weighted by molar-refractivity contribution is 9.10. The number of benzene rings is 2. The summed E-state index contributed by atoms with van der Waals surface area (Å²) in [5.41, 5.74) is 0.493. The van der Waals surface area contributed by atoms with Crippen molar-refractivity contribution >= 4 is 39.0 Å². The fourth-order valence-electron chi connectivity index (χ4n) is 1.65. The van der Waals surface area contributed by atoms with E-state index in [-0.39, 0.29) is 11.4 Å². The molecule has 22 heavy (non-hydrogen) atoms. The molecule has 110 valence electrons. The molecule has 0 bridgehead atoms. The van der Waals surface area contributed by atoms with Crippen LogP contribution in [0, 0.1) is 21.4 Å². The maximum Gasteiger partial charge on any atom is 0.269 e. The zero-order valence-electron chi connectivity index (χ0n) is 11.0. The number of allylic oxidation sites excluding steroid dienone is 1. The van der Waals surface area contributed by atoms with E-state index in [1.165, 1.54) is 30.3 Å². The number of ether oxygens (including phenoxy) is 1. The molecule has 7 heteroatoms. The summed E-state index contributed by atoms with van der Waals surface area (Å²) in [7, 11) is 0. The minimum atomic E-state index is -0.496. The Morgan fingerprint density at radius 2 is 2.00 bits per heavy atom. The van der Waals surface area contributed by atoms with Crippen molar-refractivity contribution in [1.29, 1.82) is 5.26 Å². The first-order valence-corrected chi connectivity index (χ1v) is 7.16. The molecule has 0 heterocycles. The molecule has 0 aliphatic heterocycles. The quantitative estimate of drug-likeness (QED) is 0.326. The molecule has 0 saturated heterocycles. The van der Waals surface area contributed by atoms with Crippen LogP contribution in [0.4, 0.5) is 5.69 Å². The summed E-state index contributed by atoms with van der Waals surface area (Å²) in [4.78, 5) is 10.2. The standard InChI is InChI=1S/C15H8BrClN2O3/c16-11-3-6-15(13(17)9-11)22-14(7-8-18)10-1-4-12(5-2-10)19(20)21/h1-7,9H/b14-7+. The van der Waals surface area contributed by atoms with Crippen LogP contribution >= 0.6 is 27.5 Å². The fourth-order valence-corrected chi connectivity index (χ4v) is 2.37. The van der Waals surface area contributed by atoms with Crippen molar-refractivity contribution in [2.24, 2.45) is 0 Å². The lowest BCUT2D eigenvalue weighted by molar-refractivity contribution is -0.384. The molecule has 2 aromatic carbocycles. The summed E-state index contributed by atoms with van der Waals surface area (Å²) in [6.07, 6.45) is 1.21. The second kappa shape index (κ2) is 7.07. The van der Waals surface area contributed by atoms with Crippen LogP contribution in [-0.4, -0.2) is 4.92 Å². The number of hydrogen-bond acceptors (Lipinski definition) is 4. The average molecular weight is 380 g/mol. The third-order valence-corrected chi connectivity index (χ3v) is 3.46. The first-order chi connectivity index (χ1) is 10.5. The highest BCUT2D eigenvalue weighted by atomic mass is 79.9. The number of rotatable bonds is 4. The van der Waals surface area contributed by atoms with E-state index in [4.69, 9.17) is 21.6 Å². The molecule has 0 unspecified atom stereocenters. The second-order valence-electron chi connectivity index (χ2n) is 4.12. The minimum absolute atomic E-state index is 0.0401. The summed E-state index contributed by atoms with van der Waals surface area (Å²) in [6, 6.07) is 12.6. The molecule has 0 radical (unpaired) electrons. The largest absolute Gasteiger partial charge is 0.454 e. The van der Waals surface area contributed by atoms with Gasteiger partial charge in [0.05, 0.1) is 22.1 Å². The molecular weight excluding hydrogens is 372 g/mol. The zero-order valence-corrected chi connectivity index (χ0v) is 13.3. The molecule has 2 aromatic rings. The number of non-ortho nitro benzene ring substituents is 1. The van der Waals surface area contributed by atoms with E-state index in [0.717, 1.165) is 4.47 Å². The Kier molecular flexibility index (Phi) is 5.15. The fraction of sp³-hybridized carbons (Fsp3) is 0. The van der Waals surface area contributed by atoms with Crippen molar-refractivity contribution in [3.63, 3.8) is 0 Å². The van der Waals surface area contributed by atoms with Crippen LogP contribution in [0.5, 0.6) is 5.75 Å². The van der Waals surface area contributed by atoms with Crippen LogP contribution in [0.2, 0.25) is 5.02 Å². The first kappa shape index (κ1) is 16.0. The molecule has 0 aliphatic carbocycles. The number of nitriles is 1. The van der Waals surface area contributed by atoms with Gasteiger partial charge < -0.3 is 4.74 Å². The van der Waals surface area contributed by atoms with E-state index in [2.05, 4.69) is 15.9 Å². The average Bonchev–Trinajstić information content (AvgIpc) is 2.49. The molecule has 0 atom stereocenters. The van der Waals surface area contributed by atoms with E-state index in [1.54, 1.807) is 18.2 Å². The predicted molar refractivity (Wildman–Crippen MR) is 86.5 cm³/mol. The molecule has 0 spiro atoms. The smallest absolute Gasteiger partial charge is 0.269 e. The van der Waals surface area contributed by atoms with Gasteiger partial charge in [0.15, 0.2) is 0 Å². The van der Waals surface area contributed by atoms with Crippen molar-refractivity contribution < 1.29 is 9.66 Å². The lowest BCUT2D eigenvalue weighted by Gasteiger charge is -2.11. The number of hydrogen-bond donors (Lipinski definition) is 0. The summed E-state index contributed by atoms with van der Waals surface area (Å²) in [5.74, 6) is 0.631.